The molecule has 17 nitrogen and oxygen atoms in total. The van der Waals surface area contributed by atoms with E-state index >= 15 is 0 Å². The van der Waals surface area contributed by atoms with E-state index < -0.39 is 23.9 Å². The predicted molar refractivity (Wildman–Crippen MR) is 381 cm³/mol. The summed E-state index contributed by atoms with van der Waals surface area (Å²) in [5, 5.41) is 32.2. The number of hydrogen-bond donors (Lipinski definition) is 6. The van der Waals surface area contributed by atoms with Gasteiger partial charge in [0, 0.05) is 144 Å². The van der Waals surface area contributed by atoms with Crippen LogP contribution in [0.25, 0.3) is 66.4 Å². The van der Waals surface area contributed by atoms with Gasteiger partial charge in [-0.1, -0.05) is 88.6 Å². The number of rotatable bonds is 15. The summed E-state index contributed by atoms with van der Waals surface area (Å²) >= 11 is 0. The summed E-state index contributed by atoms with van der Waals surface area (Å²) in [5.74, 6) is -2.38. The van der Waals surface area contributed by atoms with E-state index in [-0.39, 0.29) is 94.9 Å². The summed E-state index contributed by atoms with van der Waals surface area (Å²) in [7, 11) is 2.05. The number of amides is 3. The number of aliphatic carboxylic acids is 3. The molecule has 0 bridgehead atoms. The number of fused-ring (bicyclic) bond motifs is 6. The zero-order chi connectivity index (χ0) is 70.0. The van der Waals surface area contributed by atoms with Gasteiger partial charge in [0.1, 0.15) is 11.6 Å². The van der Waals surface area contributed by atoms with E-state index in [1.165, 1.54) is 29.1 Å². The van der Waals surface area contributed by atoms with Crippen LogP contribution >= 0.6 is 0 Å². The summed E-state index contributed by atoms with van der Waals surface area (Å²) in [6.45, 7) is 8.40. The first-order valence-corrected chi connectivity index (χ1v) is 36.3. The van der Waals surface area contributed by atoms with Crippen molar-refractivity contribution in [3.05, 3.63) is 156 Å². The Morgan fingerprint density at radius 1 is 0.460 bits per heavy atom. The van der Waals surface area contributed by atoms with Gasteiger partial charge in [-0.25, -0.2) is 4.39 Å². The number of aromatic nitrogens is 4. The van der Waals surface area contributed by atoms with Crippen molar-refractivity contribution in [3.8, 4) is 33.7 Å². The number of piperidine rings is 3. The molecule has 4 aromatic carbocycles. The Morgan fingerprint density at radius 2 is 0.850 bits per heavy atom. The fourth-order valence-electron chi connectivity index (χ4n) is 18.7. The van der Waals surface area contributed by atoms with E-state index in [1.54, 1.807) is 18.2 Å². The molecule has 3 saturated carbocycles. The third-order valence-electron chi connectivity index (χ3n) is 23.5. The number of benzene rings is 4. The molecular weight excluding hydrogens is 1270 g/mol. The average Bonchev–Trinajstić information content (AvgIpc) is 1.36. The highest BCUT2D eigenvalue weighted by molar-refractivity contribution is 6.00. The topological polar surface area (TPSA) is 238 Å². The van der Waals surface area contributed by atoms with Crippen LogP contribution in [0.4, 0.5) is 8.78 Å². The van der Waals surface area contributed by atoms with Crippen LogP contribution in [-0.4, -0.2) is 123 Å². The van der Waals surface area contributed by atoms with E-state index in [1.807, 2.05) is 70.4 Å². The molecule has 8 heterocycles. The summed E-state index contributed by atoms with van der Waals surface area (Å²) in [6, 6.07) is 31.2. The number of aryl methyl sites for hydroxylation is 1. The number of carbonyl (C=O) groups is 6. The Balaban J connectivity index is 0.000000134. The van der Waals surface area contributed by atoms with Crippen molar-refractivity contribution in [2.24, 2.45) is 42.6 Å². The van der Waals surface area contributed by atoms with E-state index in [9.17, 15) is 52.9 Å². The van der Waals surface area contributed by atoms with Gasteiger partial charge in [0.15, 0.2) is 0 Å². The quantitative estimate of drug-likeness (QED) is 0.0567. The number of carboxylic acids is 3. The molecule has 3 aliphatic carbocycles. The molecule has 526 valence electrons. The lowest BCUT2D eigenvalue weighted by molar-refractivity contribution is -0.152. The van der Waals surface area contributed by atoms with Crippen LogP contribution in [0.1, 0.15) is 171 Å². The molecule has 100 heavy (non-hydrogen) atoms. The normalized spacial score (nSPS) is 23.8. The van der Waals surface area contributed by atoms with Gasteiger partial charge >= 0.3 is 17.9 Å². The largest absolute Gasteiger partial charge is 0.481 e. The lowest BCUT2D eigenvalue weighted by Gasteiger charge is -2.46. The molecule has 6 N–H and O–H groups in total. The van der Waals surface area contributed by atoms with Crippen molar-refractivity contribution in [1.29, 1.82) is 0 Å². The molecule has 3 saturated heterocycles. The molecule has 0 spiro atoms. The number of hydrogen-bond acceptors (Lipinski definition) is 7. The lowest BCUT2D eigenvalue weighted by atomic mass is 9.71. The number of nitrogens with one attached hydrogen (secondary N) is 3. The first kappa shape index (κ1) is 69.2. The summed E-state index contributed by atoms with van der Waals surface area (Å²) in [6.07, 6.45) is 22.0. The van der Waals surface area contributed by atoms with E-state index in [4.69, 9.17) is 4.42 Å². The molecule has 12 unspecified atom stereocenters. The highest BCUT2D eigenvalue weighted by Gasteiger charge is 2.47. The van der Waals surface area contributed by atoms with Crippen molar-refractivity contribution in [2.75, 3.05) is 19.6 Å². The van der Waals surface area contributed by atoms with Crippen LogP contribution in [-0.2, 0) is 35.8 Å². The highest BCUT2D eigenvalue weighted by Crippen LogP contribution is 2.46. The van der Waals surface area contributed by atoms with Gasteiger partial charge in [-0.15, -0.1) is 0 Å². The minimum Gasteiger partial charge on any atom is -0.481 e. The van der Waals surface area contributed by atoms with Gasteiger partial charge < -0.3 is 54.0 Å². The van der Waals surface area contributed by atoms with Crippen molar-refractivity contribution in [3.63, 3.8) is 0 Å². The third-order valence-corrected chi connectivity index (χ3v) is 23.5. The van der Waals surface area contributed by atoms with Crippen LogP contribution in [0, 0.1) is 47.3 Å². The van der Waals surface area contributed by atoms with Crippen LogP contribution in [0.5, 0.6) is 0 Å². The Morgan fingerprint density at radius 3 is 1.23 bits per heavy atom. The number of H-pyrrole nitrogens is 3. The minimum atomic E-state index is -0.729. The lowest BCUT2D eigenvalue weighted by Crippen LogP contribution is -2.53. The number of aromatic amines is 3. The van der Waals surface area contributed by atoms with Gasteiger partial charge in [0.2, 0.25) is 17.7 Å². The molecule has 3 amide bonds. The van der Waals surface area contributed by atoms with Crippen LogP contribution in [0.15, 0.2) is 132 Å². The van der Waals surface area contributed by atoms with Crippen molar-refractivity contribution in [2.45, 2.75) is 172 Å². The van der Waals surface area contributed by atoms with Gasteiger partial charge in [-0.2, -0.15) is 4.39 Å². The van der Waals surface area contributed by atoms with Crippen molar-refractivity contribution >= 4 is 68.3 Å². The Bertz CT molecular complexity index is 4450. The molecule has 6 fully saturated rings. The summed E-state index contributed by atoms with van der Waals surface area (Å²) in [5.41, 5.74) is 11.3. The zero-order valence-electron chi connectivity index (χ0n) is 57.6. The summed E-state index contributed by atoms with van der Waals surface area (Å²) < 4.78 is 34.4. The van der Waals surface area contributed by atoms with Crippen LogP contribution in [0.2, 0.25) is 0 Å². The third kappa shape index (κ3) is 14.0. The van der Waals surface area contributed by atoms with Gasteiger partial charge in [0.25, 0.3) is 6.01 Å². The van der Waals surface area contributed by atoms with Gasteiger partial charge in [-0.3, -0.25) is 28.8 Å². The fraction of sp³-hybridized carbons (Fsp3) is 0.457. The Hall–Kier alpha value is -9.26. The standard InChI is InChI=1S/C28H31FN2O3.C27H33N3O3.C26H29FN2O4/c1-17(15-26(32)31-14-4-7-21-22(28(33)34)6-3-9-25(21)31)23-16-30-24-8-2-5-20(27(23)24)18-10-12-19(29)13-11-18;1-17(15-25(31)30-14-5-9-18-19(27(32)33)7-4-11-24(18)30)21-16-28-22-10-3-8-20(26(21)22)23-12-6-13-29(23)2;1-15(13-24(30)29-12-4-7-16-17(26(31)32)5-3-9-21(16)29)19-14-28-20-8-2-6-18(25(19)20)22-10-11-23(27)33-22/h2,5,8,10-13,16-17,21-22,25,30H,3-4,6-7,9,14-15H2,1H3,(H,33,34);3,6,8,10,12-13,16-19,24,28H,4-5,7,9,11,14-15H2,1-2H3,(H,32,33);2,6,8,10-11,14-17,21,28H,3-5,7,9,12-13H2,1H3,(H,31,32). The van der Waals surface area contributed by atoms with Crippen LogP contribution in [0.3, 0.4) is 0 Å². The Kier molecular flexibility index (Phi) is 20.7. The van der Waals surface area contributed by atoms with Crippen molar-refractivity contribution < 1.29 is 57.3 Å². The zero-order valence-corrected chi connectivity index (χ0v) is 57.6. The number of furan rings is 1. The first-order chi connectivity index (χ1) is 48.3. The average molecular weight is 1360 g/mol. The first-order valence-electron chi connectivity index (χ1n) is 36.3. The number of nitrogens with zero attached hydrogens (tertiary/aromatic N) is 4. The smallest absolute Gasteiger partial charge is 0.306 e. The van der Waals surface area contributed by atoms with E-state index in [2.05, 4.69) is 83.1 Å². The maximum Gasteiger partial charge on any atom is 0.306 e. The number of carboxylic acid groups (broad SMARTS) is 3. The second-order valence-electron chi connectivity index (χ2n) is 29.4. The maximum atomic E-state index is 13.5. The van der Waals surface area contributed by atoms with Crippen LogP contribution < -0.4 is 0 Å². The molecule has 3 aliphatic heterocycles. The Labute approximate surface area is 581 Å². The number of halogens is 2. The predicted octanol–water partition coefficient (Wildman–Crippen LogP) is 16.7. The van der Waals surface area contributed by atoms with E-state index in [0.29, 0.717) is 44.5 Å². The molecule has 9 aromatic rings. The molecule has 12 atom stereocenters. The number of likely N-dealkylation sites (tertiary alicyclic amines) is 3. The SMILES string of the molecule is CC(CC(=O)N1CCCC2C(C(=O)O)CCCC21)c1c[nH]c2cccc(-c3ccc(F)cc3)c12.CC(CC(=O)N1CCCC2C(C(=O)O)CCCC21)c1c[nH]c2cccc(-c3ccc(F)o3)c12.CC(CC(=O)N1CCCC2C(C(=O)O)CCCC21)c1c[nH]c2cccc(-c3cccn3C)c12. The molecule has 6 aliphatic rings. The molecule has 15 rings (SSSR count). The second kappa shape index (κ2) is 29.9. The fourth-order valence-corrected chi connectivity index (χ4v) is 18.7. The van der Waals surface area contributed by atoms with E-state index in [0.717, 1.165) is 163 Å². The maximum absolute atomic E-state index is 13.5. The highest BCUT2D eigenvalue weighted by atomic mass is 19.1. The second-order valence-corrected chi connectivity index (χ2v) is 29.4. The summed E-state index contributed by atoms with van der Waals surface area (Å²) in [4.78, 5) is 91.7. The van der Waals surface area contributed by atoms with Crippen molar-refractivity contribution in [1.82, 2.24) is 34.2 Å². The molecular formula is C81H93F2N7O10. The molecule has 5 aromatic heterocycles. The number of carbonyl (C=O) groups excluding carboxylic acids is 3. The van der Waals surface area contributed by atoms with Gasteiger partial charge in [0.05, 0.1) is 17.8 Å². The molecule has 0 radical (unpaired) electrons. The van der Waals surface area contributed by atoms with Gasteiger partial charge in [-0.05, 0) is 189 Å². The molecule has 19 heteroatoms. The monoisotopic (exact) mass is 1360 g/mol. The minimum absolute atomic E-state index is 0.0120.